The highest BCUT2D eigenvalue weighted by Crippen LogP contribution is 2.28. The van der Waals surface area contributed by atoms with E-state index in [1.165, 1.54) is 0 Å². The first-order valence-corrected chi connectivity index (χ1v) is 7.54. The minimum Gasteiger partial charge on any atom is -0.333 e. The second kappa shape index (κ2) is 6.05. The van der Waals surface area contributed by atoms with Crippen LogP contribution in [-0.2, 0) is 0 Å². The van der Waals surface area contributed by atoms with Gasteiger partial charge in [-0.3, -0.25) is 9.89 Å². The Labute approximate surface area is 122 Å². The lowest BCUT2D eigenvalue weighted by Crippen LogP contribution is -2.41. The Morgan fingerprint density at radius 1 is 1.63 bits per heavy atom. The number of rotatable bonds is 4. The van der Waals surface area contributed by atoms with Crippen molar-refractivity contribution in [3.05, 3.63) is 15.9 Å². The molecule has 1 aliphatic rings. The van der Waals surface area contributed by atoms with Crippen LogP contribution in [0.15, 0.2) is 4.47 Å². The Morgan fingerprint density at radius 3 is 2.95 bits per heavy atom. The number of nitrogens with one attached hydrogen (secondary N) is 2. The van der Waals surface area contributed by atoms with Crippen LogP contribution in [-0.4, -0.2) is 47.2 Å². The molecule has 0 spiro atoms. The molecule has 1 atom stereocenters. The minimum atomic E-state index is 0.0211. The topological polar surface area (TPSA) is 61.0 Å². The average molecular weight is 329 g/mol. The van der Waals surface area contributed by atoms with Crippen molar-refractivity contribution in [2.75, 3.05) is 20.1 Å². The van der Waals surface area contributed by atoms with Gasteiger partial charge < -0.3 is 10.2 Å². The van der Waals surface area contributed by atoms with E-state index in [0.717, 1.165) is 36.1 Å². The first kappa shape index (κ1) is 14.5. The largest absolute Gasteiger partial charge is 0.333 e. The second-order valence-corrected chi connectivity index (χ2v) is 6.10. The van der Waals surface area contributed by atoms with Gasteiger partial charge in [-0.15, -0.1) is 0 Å². The molecule has 1 aliphatic heterocycles. The number of carbonyl (C=O) groups is 1. The van der Waals surface area contributed by atoms with Gasteiger partial charge in [-0.25, -0.2) is 0 Å². The number of carbonyl (C=O) groups excluding carboxylic acids is 1. The first-order valence-electron chi connectivity index (χ1n) is 6.75. The summed E-state index contributed by atoms with van der Waals surface area (Å²) in [6, 6.07) is 0.281. The summed E-state index contributed by atoms with van der Waals surface area (Å²) in [7, 11) is 1.92. The molecule has 1 saturated heterocycles. The number of nitrogens with zero attached hydrogens (tertiary/aromatic N) is 2. The number of hydrogen-bond acceptors (Lipinski definition) is 3. The van der Waals surface area contributed by atoms with E-state index in [-0.39, 0.29) is 11.9 Å². The lowest BCUT2D eigenvalue weighted by atomic mass is 10.1. The Hall–Kier alpha value is -0.880. The molecule has 1 aromatic rings. The molecule has 0 aromatic carbocycles. The fraction of sp³-hybridized carbons (Fsp3) is 0.692. The summed E-state index contributed by atoms with van der Waals surface area (Å²) in [5.74, 6) is 0.336. The lowest BCUT2D eigenvalue weighted by molar-refractivity contribution is 0.0730. The van der Waals surface area contributed by atoms with E-state index in [1.807, 2.05) is 11.9 Å². The smallest absolute Gasteiger partial charge is 0.275 e. The maximum atomic E-state index is 12.6. The Bertz CT molecular complexity index is 457. The van der Waals surface area contributed by atoms with Crippen molar-refractivity contribution in [1.82, 2.24) is 20.4 Å². The Kier molecular flexibility index (Phi) is 4.62. The summed E-state index contributed by atoms with van der Waals surface area (Å²) in [5.41, 5.74) is 1.49. The molecule has 5 nitrogen and oxygen atoms in total. The highest BCUT2D eigenvalue weighted by Gasteiger charge is 2.32. The van der Waals surface area contributed by atoms with Gasteiger partial charge in [0.2, 0.25) is 0 Å². The van der Waals surface area contributed by atoms with Gasteiger partial charge in [0.25, 0.3) is 5.91 Å². The summed E-state index contributed by atoms with van der Waals surface area (Å²) in [5, 5.41) is 10.3. The van der Waals surface area contributed by atoms with Crippen molar-refractivity contribution in [3.63, 3.8) is 0 Å². The third-order valence-corrected chi connectivity index (χ3v) is 4.39. The van der Waals surface area contributed by atoms with Crippen LogP contribution in [0.5, 0.6) is 0 Å². The number of H-pyrrole nitrogens is 1. The molecule has 19 heavy (non-hydrogen) atoms. The molecule has 0 aliphatic carbocycles. The Morgan fingerprint density at radius 2 is 2.37 bits per heavy atom. The number of aromatic nitrogens is 2. The van der Waals surface area contributed by atoms with Gasteiger partial charge in [0.15, 0.2) is 5.69 Å². The van der Waals surface area contributed by atoms with E-state index in [4.69, 9.17) is 0 Å². The van der Waals surface area contributed by atoms with Crippen molar-refractivity contribution >= 4 is 21.8 Å². The van der Waals surface area contributed by atoms with Crippen LogP contribution in [0.1, 0.15) is 48.8 Å². The van der Waals surface area contributed by atoms with Gasteiger partial charge in [0.1, 0.15) is 0 Å². The highest BCUT2D eigenvalue weighted by atomic mass is 79.9. The third-order valence-electron chi connectivity index (χ3n) is 3.59. The second-order valence-electron chi connectivity index (χ2n) is 5.31. The molecular formula is C13H21BrN4O. The van der Waals surface area contributed by atoms with E-state index in [9.17, 15) is 4.79 Å². The van der Waals surface area contributed by atoms with Gasteiger partial charge in [0.05, 0.1) is 10.2 Å². The van der Waals surface area contributed by atoms with Crippen LogP contribution in [0.25, 0.3) is 0 Å². The summed E-state index contributed by atoms with van der Waals surface area (Å²) in [6.07, 6.45) is 2.13. The average Bonchev–Trinajstić information content (AvgIpc) is 2.95. The van der Waals surface area contributed by atoms with Gasteiger partial charge in [-0.2, -0.15) is 5.10 Å². The minimum absolute atomic E-state index is 0.0211. The lowest BCUT2D eigenvalue weighted by Gasteiger charge is -2.23. The predicted octanol–water partition coefficient (Wildman–Crippen LogP) is 2.12. The van der Waals surface area contributed by atoms with E-state index < -0.39 is 0 Å². The van der Waals surface area contributed by atoms with E-state index in [2.05, 4.69) is 45.3 Å². The molecule has 1 unspecified atom stereocenters. The normalized spacial score (nSPS) is 19.4. The van der Waals surface area contributed by atoms with E-state index >= 15 is 0 Å². The van der Waals surface area contributed by atoms with Crippen LogP contribution >= 0.6 is 15.9 Å². The molecule has 106 valence electrons. The maximum absolute atomic E-state index is 12.6. The summed E-state index contributed by atoms with van der Waals surface area (Å²) >= 11 is 3.50. The van der Waals surface area contributed by atoms with Gasteiger partial charge in [-0.1, -0.05) is 13.8 Å². The molecule has 2 heterocycles. The van der Waals surface area contributed by atoms with Crippen LogP contribution in [0.3, 0.4) is 0 Å². The zero-order valence-corrected chi connectivity index (χ0v) is 13.2. The number of likely N-dealkylation sites (N-methyl/N-ethyl adjacent to an activating group) is 1. The zero-order valence-electron chi connectivity index (χ0n) is 11.7. The monoisotopic (exact) mass is 328 g/mol. The van der Waals surface area contributed by atoms with Crippen LogP contribution in [0.2, 0.25) is 0 Å². The molecule has 2 N–H and O–H groups in total. The summed E-state index contributed by atoms with van der Waals surface area (Å²) in [6.45, 7) is 5.81. The van der Waals surface area contributed by atoms with Crippen LogP contribution in [0, 0.1) is 0 Å². The Balaban J connectivity index is 2.19. The predicted molar refractivity (Wildman–Crippen MR) is 78.4 cm³/mol. The number of aromatic amines is 1. The molecule has 0 radical (unpaired) electrons. The number of amides is 1. The van der Waals surface area contributed by atoms with Gasteiger partial charge >= 0.3 is 0 Å². The van der Waals surface area contributed by atoms with E-state index in [1.54, 1.807) is 0 Å². The SMILES string of the molecule is CNCC1CCCN1C(=O)c1n[nH]c(C(C)C)c1Br. The first-order chi connectivity index (χ1) is 9.06. The highest BCUT2D eigenvalue weighted by molar-refractivity contribution is 9.10. The van der Waals surface area contributed by atoms with Crippen molar-refractivity contribution in [2.24, 2.45) is 0 Å². The van der Waals surface area contributed by atoms with Crippen molar-refractivity contribution in [2.45, 2.75) is 38.6 Å². The number of halogens is 1. The maximum Gasteiger partial charge on any atom is 0.275 e. The molecule has 0 bridgehead atoms. The molecule has 1 fully saturated rings. The molecular weight excluding hydrogens is 308 g/mol. The number of likely N-dealkylation sites (tertiary alicyclic amines) is 1. The molecule has 0 saturated carbocycles. The van der Waals surface area contributed by atoms with Gasteiger partial charge in [0, 0.05) is 19.1 Å². The fourth-order valence-electron chi connectivity index (χ4n) is 2.55. The molecule has 6 heteroatoms. The molecule has 1 aromatic heterocycles. The van der Waals surface area contributed by atoms with Crippen LogP contribution < -0.4 is 5.32 Å². The van der Waals surface area contributed by atoms with Crippen molar-refractivity contribution in [1.29, 1.82) is 0 Å². The standard InChI is InChI=1S/C13H21BrN4O/c1-8(2)11-10(14)12(17-16-11)13(19)18-6-4-5-9(18)7-15-3/h8-9,15H,4-7H2,1-3H3,(H,16,17). The third kappa shape index (κ3) is 2.84. The van der Waals surface area contributed by atoms with Crippen molar-refractivity contribution in [3.8, 4) is 0 Å². The summed E-state index contributed by atoms with van der Waals surface area (Å²) < 4.78 is 0.808. The van der Waals surface area contributed by atoms with E-state index in [0.29, 0.717) is 11.6 Å². The molecule has 1 amide bonds. The summed E-state index contributed by atoms with van der Waals surface area (Å²) in [4.78, 5) is 14.5. The quantitative estimate of drug-likeness (QED) is 0.889. The van der Waals surface area contributed by atoms with Gasteiger partial charge in [-0.05, 0) is 41.7 Å². The van der Waals surface area contributed by atoms with Crippen LogP contribution in [0.4, 0.5) is 0 Å². The fourth-order valence-corrected chi connectivity index (χ4v) is 3.36. The van der Waals surface area contributed by atoms with Crippen molar-refractivity contribution < 1.29 is 4.79 Å². The zero-order chi connectivity index (χ0) is 14.0. The number of hydrogen-bond donors (Lipinski definition) is 2. The molecule has 2 rings (SSSR count).